The van der Waals surface area contributed by atoms with Gasteiger partial charge in [0.1, 0.15) is 11.9 Å². The molecule has 0 radical (unpaired) electrons. The molecule has 2 aromatic heterocycles. The van der Waals surface area contributed by atoms with Crippen LogP contribution in [0.4, 0.5) is 0 Å². The first-order valence-corrected chi connectivity index (χ1v) is 10.4. The molecule has 0 saturated carbocycles. The molecule has 158 valence electrons. The minimum absolute atomic E-state index is 0.123. The summed E-state index contributed by atoms with van der Waals surface area (Å²) in [5, 5.41) is 24.0. The quantitative estimate of drug-likeness (QED) is 0.612. The average Bonchev–Trinajstić information content (AvgIpc) is 3.46. The first-order chi connectivity index (χ1) is 15.5. The van der Waals surface area contributed by atoms with E-state index in [9.17, 15) is 5.26 Å². The molecule has 3 aromatic rings. The van der Waals surface area contributed by atoms with Gasteiger partial charge in [0, 0.05) is 11.3 Å². The standard InChI is InChI=1S/C24H22N8/c1-14(11-25)22-10-21(30-23-13-27-31-32(22)23)16(3)29-20-6-4-5-17-9-18(7-8-19(17)20)24-26-12-15(2)28-24/h7-10,13,20,29H,1-6,12H2,(H,26,28)/t20-/m0/s1. The predicted octanol–water partition coefficient (Wildman–Crippen LogP) is 3.16. The van der Waals surface area contributed by atoms with Crippen molar-refractivity contribution in [3.05, 3.63) is 84.0 Å². The lowest BCUT2D eigenvalue weighted by Gasteiger charge is -2.28. The van der Waals surface area contributed by atoms with Gasteiger partial charge in [-0.1, -0.05) is 37.1 Å². The van der Waals surface area contributed by atoms with Gasteiger partial charge >= 0.3 is 0 Å². The number of hydrogen-bond acceptors (Lipinski definition) is 7. The van der Waals surface area contributed by atoms with E-state index in [4.69, 9.17) is 0 Å². The van der Waals surface area contributed by atoms with Crippen LogP contribution in [-0.4, -0.2) is 32.2 Å². The summed E-state index contributed by atoms with van der Waals surface area (Å²) in [4.78, 5) is 9.12. The molecule has 8 nitrogen and oxygen atoms in total. The molecular weight excluding hydrogens is 400 g/mol. The fourth-order valence-electron chi connectivity index (χ4n) is 4.23. The summed E-state index contributed by atoms with van der Waals surface area (Å²) in [6, 6.07) is 10.4. The van der Waals surface area contributed by atoms with Crippen molar-refractivity contribution in [3.8, 4) is 6.07 Å². The van der Waals surface area contributed by atoms with Gasteiger partial charge in [0.2, 0.25) is 0 Å². The average molecular weight is 422 g/mol. The molecule has 0 bridgehead atoms. The van der Waals surface area contributed by atoms with Crippen LogP contribution in [0.1, 0.15) is 47.0 Å². The predicted molar refractivity (Wildman–Crippen MR) is 123 cm³/mol. The minimum atomic E-state index is 0.123. The molecule has 32 heavy (non-hydrogen) atoms. The number of hydrogen-bond donors (Lipinski definition) is 2. The summed E-state index contributed by atoms with van der Waals surface area (Å²) in [5.74, 6) is 0.884. The maximum absolute atomic E-state index is 9.31. The van der Waals surface area contributed by atoms with Crippen molar-refractivity contribution in [1.29, 1.82) is 5.26 Å². The number of benzene rings is 1. The lowest BCUT2D eigenvalue weighted by atomic mass is 9.86. The largest absolute Gasteiger partial charge is 0.377 e. The zero-order valence-electron chi connectivity index (χ0n) is 17.6. The fraction of sp³-hybridized carbons (Fsp3) is 0.208. The van der Waals surface area contributed by atoms with Gasteiger partial charge in [0.15, 0.2) is 5.65 Å². The van der Waals surface area contributed by atoms with Crippen molar-refractivity contribution in [1.82, 2.24) is 30.4 Å². The van der Waals surface area contributed by atoms with Crippen molar-refractivity contribution in [2.45, 2.75) is 25.3 Å². The first-order valence-electron chi connectivity index (χ1n) is 10.4. The van der Waals surface area contributed by atoms with E-state index in [-0.39, 0.29) is 6.04 Å². The van der Waals surface area contributed by atoms with Crippen LogP contribution in [-0.2, 0) is 6.42 Å². The van der Waals surface area contributed by atoms with Gasteiger partial charge in [-0.2, -0.15) is 9.78 Å². The van der Waals surface area contributed by atoms with Gasteiger partial charge in [-0.05, 0) is 42.5 Å². The number of allylic oxidation sites excluding steroid dienone is 1. The number of aryl methyl sites for hydroxylation is 1. The van der Waals surface area contributed by atoms with E-state index in [0.29, 0.717) is 34.8 Å². The highest BCUT2D eigenvalue weighted by molar-refractivity contribution is 6.01. The first kappa shape index (κ1) is 19.7. The third-order valence-electron chi connectivity index (χ3n) is 5.82. The van der Waals surface area contributed by atoms with E-state index < -0.39 is 0 Å². The molecule has 0 fully saturated rings. The number of nitrogens with one attached hydrogen (secondary N) is 2. The monoisotopic (exact) mass is 422 g/mol. The van der Waals surface area contributed by atoms with E-state index in [1.165, 1.54) is 15.6 Å². The Bertz CT molecular complexity index is 1350. The van der Waals surface area contributed by atoms with Crippen LogP contribution in [0.3, 0.4) is 0 Å². The smallest absolute Gasteiger partial charge is 0.176 e. The SMILES string of the molecule is C=C1CN=C(c2ccc3c(c2)CCC[C@@H]3NC(=C)c2cc(C(=C)C#N)n3nncc3n2)N1. The second kappa shape index (κ2) is 7.78. The van der Waals surface area contributed by atoms with Crippen LogP contribution < -0.4 is 10.6 Å². The molecule has 0 amide bonds. The Labute approximate surface area is 185 Å². The van der Waals surface area contributed by atoms with Crippen LogP contribution >= 0.6 is 0 Å². The molecular formula is C24H22N8. The van der Waals surface area contributed by atoms with Crippen LogP contribution in [0.2, 0.25) is 0 Å². The van der Waals surface area contributed by atoms with Gasteiger partial charge in [-0.3, -0.25) is 4.99 Å². The molecule has 3 heterocycles. The molecule has 8 heteroatoms. The molecule has 1 aliphatic carbocycles. The molecule has 0 spiro atoms. The van der Waals surface area contributed by atoms with E-state index in [1.54, 1.807) is 12.3 Å². The summed E-state index contributed by atoms with van der Waals surface area (Å²) in [6.07, 6.45) is 4.65. The summed E-state index contributed by atoms with van der Waals surface area (Å²) in [5.41, 5.74) is 7.27. The normalized spacial score (nSPS) is 17.3. The Hall–Kier alpha value is -4.25. The van der Waals surface area contributed by atoms with E-state index in [0.717, 1.165) is 36.4 Å². The van der Waals surface area contributed by atoms with E-state index in [2.05, 4.69) is 74.9 Å². The number of nitriles is 1. The third-order valence-corrected chi connectivity index (χ3v) is 5.82. The second-order valence-electron chi connectivity index (χ2n) is 8.00. The summed E-state index contributed by atoms with van der Waals surface area (Å²) in [7, 11) is 0. The van der Waals surface area contributed by atoms with E-state index in [1.807, 2.05) is 0 Å². The van der Waals surface area contributed by atoms with Crippen molar-refractivity contribution in [2.75, 3.05) is 6.54 Å². The highest BCUT2D eigenvalue weighted by Gasteiger charge is 2.23. The summed E-state index contributed by atoms with van der Waals surface area (Å²) < 4.78 is 1.51. The maximum Gasteiger partial charge on any atom is 0.176 e. The Kier molecular flexibility index (Phi) is 4.79. The van der Waals surface area contributed by atoms with Crippen LogP contribution in [0.15, 0.2) is 60.9 Å². The lowest BCUT2D eigenvalue weighted by molar-refractivity contribution is 0.519. The molecule has 5 rings (SSSR count). The number of rotatable bonds is 5. The van der Waals surface area contributed by atoms with Crippen LogP contribution in [0.25, 0.3) is 16.9 Å². The second-order valence-corrected chi connectivity index (χ2v) is 8.00. The number of nitrogens with zero attached hydrogens (tertiary/aromatic N) is 6. The minimum Gasteiger partial charge on any atom is -0.377 e. The van der Waals surface area contributed by atoms with Gasteiger partial charge in [0.05, 0.1) is 41.4 Å². The molecule has 0 saturated heterocycles. The Morgan fingerprint density at radius 2 is 2.16 bits per heavy atom. The lowest BCUT2D eigenvalue weighted by Crippen LogP contribution is -2.25. The van der Waals surface area contributed by atoms with Crippen molar-refractivity contribution >= 4 is 22.8 Å². The van der Waals surface area contributed by atoms with Gasteiger partial charge in [0.25, 0.3) is 0 Å². The van der Waals surface area contributed by atoms with Gasteiger partial charge < -0.3 is 10.6 Å². The highest BCUT2D eigenvalue weighted by Crippen LogP contribution is 2.32. The molecule has 1 aliphatic heterocycles. The van der Waals surface area contributed by atoms with Gasteiger partial charge in [-0.25, -0.2) is 4.98 Å². The third kappa shape index (κ3) is 3.44. The zero-order chi connectivity index (χ0) is 22.2. The van der Waals surface area contributed by atoms with Crippen molar-refractivity contribution < 1.29 is 0 Å². The van der Waals surface area contributed by atoms with Crippen molar-refractivity contribution in [2.24, 2.45) is 4.99 Å². The number of aromatic nitrogens is 4. The topological polar surface area (TPSA) is 103 Å². The van der Waals surface area contributed by atoms with Crippen LogP contribution in [0, 0.1) is 11.3 Å². The van der Waals surface area contributed by atoms with Crippen molar-refractivity contribution in [3.63, 3.8) is 0 Å². The Morgan fingerprint density at radius 1 is 1.28 bits per heavy atom. The fourth-order valence-corrected chi connectivity index (χ4v) is 4.23. The number of amidine groups is 1. The Balaban J connectivity index is 1.42. The summed E-state index contributed by atoms with van der Waals surface area (Å²) in [6.45, 7) is 12.6. The highest BCUT2D eigenvalue weighted by atomic mass is 15.4. The molecule has 0 unspecified atom stereocenters. The molecule has 2 N–H and O–H groups in total. The molecule has 2 aliphatic rings. The number of aliphatic imine (C=N–C) groups is 1. The Morgan fingerprint density at radius 3 is 2.94 bits per heavy atom. The number of fused-ring (bicyclic) bond motifs is 2. The molecule has 1 aromatic carbocycles. The van der Waals surface area contributed by atoms with Crippen LogP contribution in [0.5, 0.6) is 0 Å². The van der Waals surface area contributed by atoms with Gasteiger partial charge in [-0.15, -0.1) is 5.10 Å². The zero-order valence-corrected chi connectivity index (χ0v) is 17.6. The summed E-state index contributed by atoms with van der Waals surface area (Å²) >= 11 is 0. The molecule has 1 atom stereocenters. The van der Waals surface area contributed by atoms with E-state index >= 15 is 0 Å². The maximum atomic E-state index is 9.31.